The first-order valence-corrected chi connectivity index (χ1v) is 6.97. The molecule has 1 aromatic carbocycles. The zero-order valence-corrected chi connectivity index (χ0v) is 11.6. The van der Waals surface area contributed by atoms with Gasteiger partial charge in [-0.1, -0.05) is 30.3 Å². The number of hydrogen-bond acceptors (Lipinski definition) is 4. The van der Waals surface area contributed by atoms with E-state index in [2.05, 4.69) is 10.2 Å². The lowest BCUT2D eigenvalue weighted by Gasteiger charge is -2.20. The number of likely N-dealkylation sites (tertiary alicyclic amines) is 1. The number of benzene rings is 1. The number of ether oxygens (including phenoxy) is 1. The van der Waals surface area contributed by atoms with E-state index < -0.39 is 6.10 Å². The van der Waals surface area contributed by atoms with Crippen LogP contribution in [0.25, 0.3) is 0 Å². The van der Waals surface area contributed by atoms with E-state index in [9.17, 15) is 5.11 Å². The highest BCUT2D eigenvalue weighted by Gasteiger charge is 2.22. The molecule has 4 nitrogen and oxygen atoms in total. The van der Waals surface area contributed by atoms with Crippen LogP contribution in [-0.2, 0) is 11.3 Å². The molecule has 0 aromatic heterocycles. The van der Waals surface area contributed by atoms with Gasteiger partial charge in [-0.05, 0) is 25.6 Å². The number of β-amino-alcohol motifs (C(OH)–C–C–N with tert-alkyl or cyclic N) is 1. The van der Waals surface area contributed by atoms with Gasteiger partial charge in [0.2, 0.25) is 0 Å². The maximum Gasteiger partial charge on any atom is 0.0900 e. The molecule has 0 spiro atoms. The molecule has 0 amide bonds. The third-order valence-electron chi connectivity index (χ3n) is 3.57. The van der Waals surface area contributed by atoms with Gasteiger partial charge < -0.3 is 15.2 Å². The summed E-state index contributed by atoms with van der Waals surface area (Å²) in [6, 6.07) is 10.6. The minimum Gasteiger partial charge on any atom is -0.389 e. The van der Waals surface area contributed by atoms with Crippen molar-refractivity contribution in [2.75, 3.05) is 33.3 Å². The largest absolute Gasteiger partial charge is 0.389 e. The molecule has 2 atom stereocenters. The zero-order valence-electron chi connectivity index (χ0n) is 11.6. The van der Waals surface area contributed by atoms with Crippen LogP contribution in [0.4, 0.5) is 0 Å². The lowest BCUT2D eigenvalue weighted by Crippen LogP contribution is -2.36. The molecule has 1 aliphatic rings. The summed E-state index contributed by atoms with van der Waals surface area (Å²) in [6.07, 6.45) is 0.757. The summed E-state index contributed by atoms with van der Waals surface area (Å²) in [7, 11) is 1.99. The summed E-state index contributed by atoms with van der Waals surface area (Å²) in [5, 5.41) is 13.2. The van der Waals surface area contributed by atoms with Crippen LogP contribution in [0.3, 0.4) is 0 Å². The van der Waals surface area contributed by atoms with Gasteiger partial charge in [-0.3, -0.25) is 4.90 Å². The third-order valence-corrected chi connectivity index (χ3v) is 3.57. The number of hydrogen-bond donors (Lipinski definition) is 2. The SMILES string of the molecule is CNC1CCN(CC(O)COCc2ccccc2)C1. The molecule has 1 aromatic rings. The van der Waals surface area contributed by atoms with Gasteiger partial charge in [0.05, 0.1) is 19.3 Å². The van der Waals surface area contributed by atoms with Crippen molar-refractivity contribution in [2.24, 2.45) is 0 Å². The van der Waals surface area contributed by atoms with Gasteiger partial charge in [-0.2, -0.15) is 0 Å². The van der Waals surface area contributed by atoms with Gasteiger partial charge in [0.1, 0.15) is 0 Å². The number of rotatable bonds is 7. The Balaban J connectivity index is 1.61. The van der Waals surface area contributed by atoms with Gasteiger partial charge in [0.25, 0.3) is 0 Å². The quantitative estimate of drug-likeness (QED) is 0.766. The number of aliphatic hydroxyl groups excluding tert-OH is 1. The minimum absolute atomic E-state index is 0.398. The molecule has 2 rings (SSSR count). The van der Waals surface area contributed by atoms with E-state index in [-0.39, 0.29) is 0 Å². The highest BCUT2D eigenvalue weighted by atomic mass is 16.5. The standard InChI is InChI=1S/C15H24N2O2/c1-16-14-7-8-17(9-14)10-15(18)12-19-11-13-5-3-2-4-6-13/h2-6,14-16,18H,7-12H2,1H3. The van der Waals surface area contributed by atoms with Crippen molar-refractivity contribution in [3.63, 3.8) is 0 Å². The van der Waals surface area contributed by atoms with Gasteiger partial charge in [-0.15, -0.1) is 0 Å². The van der Waals surface area contributed by atoms with Crippen LogP contribution >= 0.6 is 0 Å². The molecule has 1 saturated heterocycles. The Morgan fingerprint density at radius 1 is 1.42 bits per heavy atom. The summed E-state index contributed by atoms with van der Waals surface area (Å²) in [4.78, 5) is 2.29. The Morgan fingerprint density at radius 3 is 2.89 bits per heavy atom. The van der Waals surface area contributed by atoms with Gasteiger partial charge in [-0.25, -0.2) is 0 Å². The van der Waals surface area contributed by atoms with E-state index in [1.165, 1.54) is 0 Å². The molecule has 1 fully saturated rings. The summed E-state index contributed by atoms with van der Waals surface area (Å²) in [5.74, 6) is 0. The topological polar surface area (TPSA) is 44.7 Å². The van der Waals surface area contributed by atoms with E-state index in [1.54, 1.807) is 0 Å². The second-order valence-electron chi connectivity index (χ2n) is 5.19. The Morgan fingerprint density at radius 2 is 2.21 bits per heavy atom. The molecule has 1 aliphatic heterocycles. The lowest BCUT2D eigenvalue weighted by molar-refractivity contribution is 0.0131. The van der Waals surface area contributed by atoms with E-state index in [0.717, 1.165) is 25.1 Å². The first-order valence-electron chi connectivity index (χ1n) is 6.97. The maximum absolute atomic E-state index is 9.96. The number of nitrogens with zero attached hydrogens (tertiary/aromatic N) is 1. The second kappa shape index (κ2) is 7.60. The van der Waals surface area contributed by atoms with Crippen molar-refractivity contribution >= 4 is 0 Å². The molecule has 0 aliphatic carbocycles. The molecule has 19 heavy (non-hydrogen) atoms. The predicted octanol–water partition coefficient (Wildman–Crippen LogP) is 0.858. The van der Waals surface area contributed by atoms with Gasteiger partial charge in [0, 0.05) is 19.1 Å². The molecule has 2 unspecified atom stereocenters. The van der Waals surface area contributed by atoms with E-state index in [4.69, 9.17) is 4.74 Å². The molecule has 106 valence electrons. The van der Waals surface area contributed by atoms with Crippen LogP contribution < -0.4 is 5.32 Å². The highest BCUT2D eigenvalue weighted by Crippen LogP contribution is 2.09. The fourth-order valence-electron chi connectivity index (χ4n) is 2.47. The van der Waals surface area contributed by atoms with Crippen molar-refractivity contribution < 1.29 is 9.84 Å². The van der Waals surface area contributed by atoms with Crippen molar-refractivity contribution in [1.29, 1.82) is 0 Å². The summed E-state index contributed by atoms with van der Waals surface area (Å²) in [6.45, 7) is 3.74. The fourth-order valence-corrected chi connectivity index (χ4v) is 2.47. The molecule has 2 N–H and O–H groups in total. The second-order valence-corrected chi connectivity index (χ2v) is 5.19. The maximum atomic E-state index is 9.96. The van der Waals surface area contributed by atoms with Gasteiger partial charge >= 0.3 is 0 Å². The van der Waals surface area contributed by atoms with Crippen LogP contribution in [0.2, 0.25) is 0 Å². The smallest absolute Gasteiger partial charge is 0.0900 e. The molecular weight excluding hydrogens is 240 g/mol. The fraction of sp³-hybridized carbons (Fsp3) is 0.600. The third kappa shape index (κ3) is 4.91. The minimum atomic E-state index is -0.403. The lowest BCUT2D eigenvalue weighted by atomic mass is 10.2. The number of nitrogens with one attached hydrogen (secondary N) is 1. The average Bonchev–Trinajstić information content (AvgIpc) is 2.87. The highest BCUT2D eigenvalue weighted by molar-refractivity contribution is 5.13. The molecule has 0 radical (unpaired) electrons. The summed E-state index contributed by atoms with van der Waals surface area (Å²) < 4.78 is 5.55. The van der Waals surface area contributed by atoms with Crippen LogP contribution in [0.15, 0.2) is 30.3 Å². The molecule has 1 heterocycles. The average molecular weight is 264 g/mol. The van der Waals surface area contributed by atoms with Crippen LogP contribution in [0, 0.1) is 0 Å². The normalized spacial score (nSPS) is 21.7. The number of aliphatic hydroxyl groups is 1. The Labute approximate surface area is 115 Å². The van der Waals surface area contributed by atoms with Gasteiger partial charge in [0.15, 0.2) is 0 Å². The Hall–Kier alpha value is -0.940. The summed E-state index contributed by atoms with van der Waals surface area (Å²) in [5.41, 5.74) is 1.14. The van der Waals surface area contributed by atoms with Crippen molar-refractivity contribution in [3.8, 4) is 0 Å². The van der Waals surface area contributed by atoms with Crippen LogP contribution in [-0.4, -0.2) is 55.4 Å². The van der Waals surface area contributed by atoms with Crippen molar-refractivity contribution in [3.05, 3.63) is 35.9 Å². The van der Waals surface area contributed by atoms with E-state index >= 15 is 0 Å². The zero-order chi connectivity index (χ0) is 13.5. The molecule has 0 bridgehead atoms. The van der Waals surface area contributed by atoms with Crippen molar-refractivity contribution in [2.45, 2.75) is 25.2 Å². The van der Waals surface area contributed by atoms with Crippen molar-refractivity contribution in [1.82, 2.24) is 10.2 Å². The summed E-state index contributed by atoms with van der Waals surface area (Å²) >= 11 is 0. The molecular formula is C15H24N2O2. The molecule has 4 heteroatoms. The predicted molar refractivity (Wildman–Crippen MR) is 76.0 cm³/mol. The first-order chi connectivity index (χ1) is 9.28. The van der Waals surface area contributed by atoms with Crippen LogP contribution in [0.5, 0.6) is 0 Å². The van der Waals surface area contributed by atoms with E-state index in [0.29, 0.717) is 25.8 Å². The van der Waals surface area contributed by atoms with E-state index in [1.807, 2.05) is 37.4 Å². The van der Waals surface area contributed by atoms with Crippen LogP contribution in [0.1, 0.15) is 12.0 Å². The Bertz CT molecular complexity index is 358. The first kappa shape index (κ1) is 14.5. The molecule has 0 saturated carbocycles. The number of likely N-dealkylation sites (N-methyl/N-ethyl adjacent to an activating group) is 1. The monoisotopic (exact) mass is 264 g/mol. The Kier molecular flexibility index (Phi) is 5.79.